The molecule has 0 atom stereocenters. The second-order valence-corrected chi connectivity index (χ2v) is 8.10. The summed E-state index contributed by atoms with van der Waals surface area (Å²) in [5.74, 6) is 0.498. The van der Waals surface area contributed by atoms with Gasteiger partial charge >= 0.3 is 0 Å². The van der Waals surface area contributed by atoms with Gasteiger partial charge in [-0.2, -0.15) is 4.31 Å². The smallest absolute Gasteiger partial charge is 0.243 e. The molecule has 2 N–H and O–H groups in total. The molecule has 0 aromatic heterocycles. The van der Waals surface area contributed by atoms with Crippen molar-refractivity contribution in [3.8, 4) is 0 Å². The molecule has 1 aliphatic carbocycles. The molecule has 1 saturated carbocycles. The van der Waals surface area contributed by atoms with Gasteiger partial charge in [-0.15, -0.1) is 0 Å². The summed E-state index contributed by atoms with van der Waals surface area (Å²) in [6.45, 7) is 3.08. The molecular weight excluding hydrogens is 328 g/mol. The van der Waals surface area contributed by atoms with Crippen LogP contribution in [0.5, 0.6) is 0 Å². The van der Waals surface area contributed by atoms with Crippen LogP contribution in [0.15, 0.2) is 23.1 Å². The van der Waals surface area contributed by atoms with Crippen molar-refractivity contribution in [2.24, 2.45) is 11.7 Å². The summed E-state index contributed by atoms with van der Waals surface area (Å²) in [6.07, 6.45) is 3.00. The SMILES string of the molecule is CCCN(CC1CC1)S(=O)(=O)c1ccc(C(N)=S)c(Cl)c1. The Hall–Kier alpha value is -0.690. The Morgan fingerprint density at radius 3 is 2.62 bits per heavy atom. The predicted molar refractivity (Wildman–Crippen MR) is 89.1 cm³/mol. The molecule has 0 bridgehead atoms. The van der Waals surface area contributed by atoms with Crippen molar-refractivity contribution in [2.75, 3.05) is 13.1 Å². The second-order valence-electron chi connectivity index (χ2n) is 5.31. The number of nitrogens with zero attached hydrogens (tertiary/aromatic N) is 1. The summed E-state index contributed by atoms with van der Waals surface area (Å²) < 4.78 is 27.0. The van der Waals surface area contributed by atoms with Gasteiger partial charge in [0, 0.05) is 18.7 Å². The number of thiocarbonyl (C=S) groups is 1. The van der Waals surface area contributed by atoms with E-state index in [0.717, 1.165) is 19.3 Å². The first-order valence-corrected chi connectivity index (χ1v) is 9.18. The highest BCUT2D eigenvalue weighted by molar-refractivity contribution is 7.89. The van der Waals surface area contributed by atoms with Gasteiger partial charge in [0.1, 0.15) is 4.99 Å². The van der Waals surface area contributed by atoms with Gasteiger partial charge in [0.05, 0.1) is 9.92 Å². The molecule has 0 aliphatic heterocycles. The van der Waals surface area contributed by atoms with E-state index in [1.165, 1.54) is 12.1 Å². The third-order valence-corrected chi connectivity index (χ3v) is 5.87. The van der Waals surface area contributed by atoms with Crippen LogP contribution < -0.4 is 5.73 Å². The second kappa shape index (κ2) is 6.60. The maximum absolute atomic E-state index is 12.7. The summed E-state index contributed by atoms with van der Waals surface area (Å²) in [7, 11) is -3.52. The number of hydrogen-bond acceptors (Lipinski definition) is 3. The van der Waals surface area contributed by atoms with E-state index in [0.29, 0.717) is 24.6 Å². The van der Waals surface area contributed by atoms with Crippen LogP contribution in [-0.2, 0) is 10.0 Å². The Bertz CT molecular complexity index is 642. The Balaban J connectivity index is 2.32. The Morgan fingerprint density at radius 1 is 1.48 bits per heavy atom. The quantitative estimate of drug-likeness (QED) is 0.771. The lowest BCUT2D eigenvalue weighted by atomic mass is 10.2. The maximum Gasteiger partial charge on any atom is 0.243 e. The fourth-order valence-electron chi connectivity index (χ4n) is 2.15. The number of sulfonamides is 1. The zero-order valence-corrected chi connectivity index (χ0v) is 14.3. The Morgan fingerprint density at radius 2 is 2.14 bits per heavy atom. The van der Waals surface area contributed by atoms with Crippen LogP contribution >= 0.6 is 23.8 Å². The molecule has 7 heteroatoms. The van der Waals surface area contributed by atoms with Crippen molar-refractivity contribution in [1.29, 1.82) is 0 Å². The van der Waals surface area contributed by atoms with E-state index in [-0.39, 0.29) is 14.9 Å². The summed E-state index contributed by atoms with van der Waals surface area (Å²) in [4.78, 5) is 0.356. The third kappa shape index (κ3) is 3.94. The van der Waals surface area contributed by atoms with Gasteiger partial charge in [0.25, 0.3) is 0 Å². The van der Waals surface area contributed by atoms with Crippen LogP contribution in [0, 0.1) is 5.92 Å². The van der Waals surface area contributed by atoms with Gasteiger partial charge in [0.15, 0.2) is 0 Å². The fraction of sp³-hybridized carbons (Fsp3) is 0.500. The monoisotopic (exact) mass is 346 g/mol. The van der Waals surface area contributed by atoms with Crippen molar-refractivity contribution in [2.45, 2.75) is 31.1 Å². The lowest BCUT2D eigenvalue weighted by Gasteiger charge is -2.22. The zero-order valence-electron chi connectivity index (χ0n) is 11.9. The number of hydrogen-bond donors (Lipinski definition) is 1. The minimum absolute atomic E-state index is 0.160. The normalized spacial score (nSPS) is 15.4. The first-order chi connectivity index (χ1) is 9.86. The van der Waals surface area contributed by atoms with E-state index in [1.807, 2.05) is 6.92 Å². The highest BCUT2D eigenvalue weighted by atomic mass is 35.5. The fourth-order valence-corrected chi connectivity index (χ4v) is 4.37. The highest BCUT2D eigenvalue weighted by Crippen LogP contribution is 2.32. The van der Waals surface area contributed by atoms with Gasteiger partial charge in [-0.1, -0.05) is 30.7 Å². The van der Waals surface area contributed by atoms with Crippen LogP contribution in [-0.4, -0.2) is 30.8 Å². The lowest BCUT2D eigenvalue weighted by Crippen LogP contribution is -2.33. The molecule has 2 rings (SSSR count). The van der Waals surface area contributed by atoms with Crippen molar-refractivity contribution in [1.82, 2.24) is 4.31 Å². The predicted octanol–water partition coefficient (Wildman–Crippen LogP) is 2.78. The minimum Gasteiger partial charge on any atom is -0.389 e. The number of rotatable bonds is 7. The molecule has 116 valence electrons. The Labute approximate surface area is 136 Å². The van der Waals surface area contributed by atoms with Gasteiger partial charge in [0.2, 0.25) is 10.0 Å². The Kier molecular flexibility index (Phi) is 5.24. The van der Waals surface area contributed by atoms with Crippen LogP contribution in [0.4, 0.5) is 0 Å². The first kappa shape index (κ1) is 16.7. The van der Waals surface area contributed by atoms with E-state index >= 15 is 0 Å². The molecule has 1 fully saturated rings. The van der Waals surface area contributed by atoms with Crippen molar-refractivity contribution in [3.05, 3.63) is 28.8 Å². The topological polar surface area (TPSA) is 63.4 Å². The molecule has 1 aromatic carbocycles. The third-order valence-electron chi connectivity index (χ3n) is 3.48. The molecule has 0 heterocycles. The molecule has 1 aromatic rings. The molecule has 0 spiro atoms. The zero-order chi connectivity index (χ0) is 15.6. The number of nitrogens with two attached hydrogens (primary N) is 1. The standard InChI is InChI=1S/C14H19ClN2O2S2/c1-2-7-17(9-10-3-4-10)21(18,19)11-5-6-12(14(16)20)13(15)8-11/h5-6,8,10H,2-4,7,9H2,1H3,(H2,16,20). The minimum atomic E-state index is -3.52. The van der Waals surface area contributed by atoms with Crippen LogP contribution in [0.25, 0.3) is 0 Å². The molecule has 0 radical (unpaired) electrons. The number of benzene rings is 1. The van der Waals surface area contributed by atoms with Crippen molar-refractivity contribution < 1.29 is 8.42 Å². The first-order valence-electron chi connectivity index (χ1n) is 6.95. The average Bonchev–Trinajstić information content (AvgIpc) is 3.21. The summed E-state index contributed by atoms with van der Waals surface area (Å²) in [5, 5.41) is 0.270. The van der Waals surface area contributed by atoms with Crippen LogP contribution in [0.1, 0.15) is 31.7 Å². The van der Waals surface area contributed by atoms with E-state index < -0.39 is 10.0 Å². The molecule has 21 heavy (non-hydrogen) atoms. The van der Waals surface area contributed by atoms with Crippen LogP contribution in [0.3, 0.4) is 0 Å². The average molecular weight is 347 g/mol. The van der Waals surface area contributed by atoms with Gasteiger partial charge in [-0.3, -0.25) is 0 Å². The molecule has 0 unspecified atom stereocenters. The van der Waals surface area contributed by atoms with E-state index in [2.05, 4.69) is 0 Å². The molecule has 1 aliphatic rings. The lowest BCUT2D eigenvalue weighted by molar-refractivity contribution is 0.395. The highest BCUT2D eigenvalue weighted by Gasteiger charge is 2.31. The van der Waals surface area contributed by atoms with Gasteiger partial charge in [-0.05, 0) is 43.4 Å². The van der Waals surface area contributed by atoms with E-state index in [9.17, 15) is 8.42 Å². The van der Waals surface area contributed by atoms with E-state index in [1.54, 1.807) is 10.4 Å². The molecular formula is C14H19ClN2O2S2. The van der Waals surface area contributed by atoms with E-state index in [4.69, 9.17) is 29.6 Å². The van der Waals surface area contributed by atoms with Crippen molar-refractivity contribution >= 4 is 38.8 Å². The number of halogens is 1. The molecule has 0 amide bonds. The van der Waals surface area contributed by atoms with Gasteiger partial charge in [-0.25, -0.2) is 8.42 Å². The van der Waals surface area contributed by atoms with Gasteiger partial charge < -0.3 is 5.73 Å². The molecule has 4 nitrogen and oxygen atoms in total. The summed E-state index contributed by atoms with van der Waals surface area (Å²) in [5.41, 5.74) is 6.04. The maximum atomic E-state index is 12.7. The summed E-state index contributed by atoms with van der Waals surface area (Å²) >= 11 is 11.0. The summed E-state index contributed by atoms with van der Waals surface area (Å²) in [6, 6.07) is 4.52. The van der Waals surface area contributed by atoms with Crippen molar-refractivity contribution in [3.63, 3.8) is 0 Å². The molecule has 0 saturated heterocycles. The largest absolute Gasteiger partial charge is 0.389 e. The van der Waals surface area contributed by atoms with Crippen LogP contribution in [0.2, 0.25) is 5.02 Å².